The fourth-order valence-electron chi connectivity index (χ4n) is 5.11. The molecule has 32 heavy (non-hydrogen) atoms. The van der Waals surface area contributed by atoms with Crippen molar-refractivity contribution in [1.82, 2.24) is 10.6 Å². The fraction of sp³-hybridized carbons (Fsp3) is 0.667. The molecule has 8 nitrogen and oxygen atoms in total. The van der Waals surface area contributed by atoms with E-state index in [4.69, 9.17) is 9.47 Å². The van der Waals surface area contributed by atoms with Gasteiger partial charge in [-0.1, -0.05) is 26.2 Å². The van der Waals surface area contributed by atoms with Crippen LogP contribution in [-0.2, 0) is 9.53 Å². The maximum atomic E-state index is 12.5. The molecule has 4 atom stereocenters. The van der Waals surface area contributed by atoms with Gasteiger partial charge in [0, 0.05) is 29.8 Å². The van der Waals surface area contributed by atoms with Gasteiger partial charge in [-0.05, 0) is 43.9 Å². The molecule has 1 aliphatic carbocycles. The van der Waals surface area contributed by atoms with Gasteiger partial charge in [0.05, 0.1) is 19.1 Å². The Morgan fingerprint density at radius 2 is 2.00 bits per heavy atom. The lowest BCUT2D eigenvalue weighted by Crippen LogP contribution is -2.47. The van der Waals surface area contributed by atoms with Crippen molar-refractivity contribution in [2.75, 3.05) is 18.5 Å². The summed E-state index contributed by atoms with van der Waals surface area (Å²) in [5.74, 6) is 0.709. The zero-order valence-corrected chi connectivity index (χ0v) is 18.8. The first-order chi connectivity index (χ1) is 15.6. The maximum Gasteiger partial charge on any atom is 0.319 e. The van der Waals surface area contributed by atoms with Crippen molar-refractivity contribution in [3.8, 4) is 5.75 Å². The number of rotatable bonds is 7. The number of aliphatic hydroxyl groups excluding tert-OH is 1. The molecule has 1 aromatic rings. The Hall–Kier alpha value is -2.32. The van der Waals surface area contributed by atoms with Crippen molar-refractivity contribution in [3.63, 3.8) is 0 Å². The smallest absolute Gasteiger partial charge is 0.319 e. The highest BCUT2D eigenvalue weighted by Crippen LogP contribution is 2.47. The molecule has 0 unspecified atom stereocenters. The predicted molar refractivity (Wildman–Crippen MR) is 121 cm³/mol. The molecule has 2 aliphatic heterocycles. The molecule has 0 radical (unpaired) electrons. The number of hydrogen-bond donors (Lipinski definition) is 4. The monoisotopic (exact) mass is 445 g/mol. The summed E-state index contributed by atoms with van der Waals surface area (Å²) < 4.78 is 12.1. The SMILES string of the molecule is CCCNC(=O)C[C@@H]1C[C@@H]2c3cc(NC(=O)NC4CCCCC4)ccc3O[C@@H]2[C@H](CO)O1. The molecule has 1 saturated heterocycles. The van der Waals surface area contributed by atoms with E-state index < -0.39 is 6.10 Å². The molecular weight excluding hydrogens is 410 g/mol. The van der Waals surface area contributed by atoms with Gasteiger partial charge in [-0.3, -0.25) is 4.79 Å². The Kier molecular flexibility index (Phi) is 7.52. The van der Waals surface area contributed by atoms with E-state index in [9.17, 15) is 14.7 Å². The Morgan fingerprint density at radius 3 is 2.75 bits per heavy atom. The van der Waals surface area contributed by atoms with Gasteiger partial charge in [0.1, 0.15) is 18.0 Å². The number of carbonyl (C=O) groups excluding carboxylic acids is 2. The van der Waals surface area contributed by atoms with E-state index in [1.807, 2.05) is 25.1 Å². The van der Waals surface area contributed by atoms with Crippen LogP contribution in [0.1, 0.15) is 69.8 Å². The highest BCUT2D eigenvalue weighted by Gasteiger charge is 2.46. The quantitative estimate of drug-likeness (QED) is 0.516. The summed E-state index contributed by atoms with van der Waals surface area (Å²) in [7, 11) is 0. The first-order valence-corrected chi connectivity index (χ1v) is 12.0. The molecule has 0 spiro atoms. The molecule has 2 fully saturated rings. The zero-order valence-electron chi connectivity index (χ0n) is 18.8. The number of aliphatic hydroxyl groups is 1. The van der Waals surface area contributed by atoms with Crippen LogP contribution in [-0.4, -0.2) is 54.6 Å². The van der Waals surface area contributed by atoms with Gasteiger partial charge in [-0.25, -0.2) is 4.79 Å². The molecule has 3 amide bonds. The van der Waals surface area contributed by atoms with Crippen LogP contribution in [0.15, 0.2) is 18.2 Å². The Morgan fingerprint density at radius 1 is 1.19 bits per heavy atom. The van der Waals surface area contributed by atoms with Crippen LogP contribution in [0, 0.1) is 0 Å². The second-order valence-corrected chi connectivity index (χ2v) is 9.14. The largest absolute Gasteiger partial charge is 0.487 e. The Balaban J connectivity index is 1.42. The lowest BCUT2D eigenvalue weighted by atomic mass is 9.84. The minimum atomic E-state index is -0.490. The van der Waals surface area contributed by atoms with Crippen molar-refractivity contribution < 1.29 is 24.2 Å². The van der Waals surface area contributed by atoms with E-state index in [1.165, 1.54) is 6.42 Å². The molecule has 176 valence electrons. The second-order valence-electron chi connectivity index (χ2n) is 9.14. The third-order valence-corrected chi connectivity index (χ3v) is 6.68. The second kappa shape index (κ2) is 10.5. The lowest BCUT2D eigenvalue weighted by Gasteiger charge is -2.37. The zero-order chi connectivity index (χ0) is 22.5. The summed E-state index contributed by atoms with van der Waals surface area (Å²) in [4.78, 5) is 24.7. The molecule has 8 heteroatoms. The molecule has 0 bridgehead atoms. The lowest BCUT2D eigenvalue weighted by molar-refractivity contribution is -0.142. The van der Waals surface area contributed by atoms with Gasteiger partial charge in [0.15, 0.2) is 0 Å². The van der Waals surface area contributed by atoms with Crippen LogP contribution in [0.3, 0.4) is 0 Å². The van der Waals surface area contributed by atoms with Crippen LogP contribution < -0.4 is 20.7 Å². The molecule has 4 rings (SSSR count). The normalized spacial score (nSPS) is 27.1. The van der Waals surface area contributed by atoms with Crippen molar-refractivity contribution in [2.24, 2.45) is 0 Å². The van der Waals surface area contributed by atoms with Gasteiger partial charge in [-0.2, -0.15) is 0 Å². The average molecular weight is 446 g/mol. The highest BCUT2D eigenvalue weighted by atomic mass is 16.6. The third kappa shape index (κ3) is 5.35. The van der Waals surface area contributed by atoms with E-state index in [0.717, 1.165) is 43.4 Å². The van der Waals surface area contributed by atoms with Gasteiger partial charge in [0.2, 0.25) is 5.91 Å². The number of amides is 3. The van der Waals surface area contributed by atoms with Gasteiger partial charge >= 0.3 is 6.03 Å². The molecule has 1 aromatic carbocycles. The molecule has 0 aromatic heterocycles. The van der Waals surface area contributed by atoms with Gasteiger partial charge < -0.3 is 30.5 Å². The maximum absolute atomic E-state index is 12.5. The number of anilines is 1. The molecule has 1 saturated carbocycles. The third-order valence-electron chi connectivity index (χ3n) is 6.68. The summed E-state index contributed by atoms with van der Waals surface area (Å²) >= 11 is 0. The first kappa shape index (κ1) is 22.9. The Labute approximate surface area is 189 Å². The summed E-state index contributed by atoms with van der Waals surface area (Å²) in [6.45, 7) is 2.49. The number of urea groups is 1. The summed E-state index contributed by atoms with van der Waals surface area (Å²) in [6, 6.07) is 5.71. The van der Waals surface area contributed by atoms with Crippen LogP contribution in [0.25, 0.3) is 0 Å². The summed E-state index contributed by atoms with van der Waals surface area (Å²) in [5, 5.41) is 18.8. The number of hydrogen-bond acceptors (Lipinski definition) is 5. The van der Waals surface area contributed by atoms with Crippen LogP contribution >= 0.6 is 0 Å². The van der Waals surface area contributed by atoms with Crippen LogP contribution in [0.2, 0.25) is 0 Å². The van der Waals surface area contributed by atoms with Gasteiger partial charge in [0.25, 0.3) is 0 Å². The summed E-state index contributed by atoms with van der Waals surface area (Å²) in [6.07, 6.45) is 6.34. The average Bonchev–Trinajstić information content (AvgIpc) is 3.15. The van der Waals surface area contributed by atoms with Crippen LogP contribution in [0.4, 0.5) is 10.5 Å². The van der Waals surface area contributed by atoms with E-state index >= 15 is 0 Å². The molecule has 4 N–H and O–H groups in total. The molecular formula is C24H35N3O5. The number of carbonyl (C=O) groups is 2. The fourth-order valence-corrected chi connectivity index (χ4v) is 5.11. The Bertz CT molecular complexity index is 811. The van der Waals surface area contributed by atoms with Crippen LogP contribution in [0.5, 0.6) is 5.75 Å². The number of nitrogens with one attached hydrogen (secondary N) is 3. The predicted octanol–water partition coefficient (Wildman–Crippen LogP) is 3.05. The first-order valence-electron chi connectivity index (χ1n) is 12.0. The van der Waals surface area contributed by atoms with E-state index in [0.29, 0.717) is 18.7 Å². The highest BCUT2D eigenvalue weighted by molar-refractivity contribution is 5.89. The topological polar surface area (TPSA) is 109 Å². The molecule has 2 heterocycles. The number of ether oxygens (including phenoxy) is 2. The van der Waals surface area contributed by atoms with E-state index in [1.54, 1.807) is 0 Å². The standard InChI is InChI=1S/C24H35N3O5/c1-2-10-25-22(29)13-17-12-19-18-11-16(27-24(30)26-15-6-4-3-5-7-15)8-9-20(18)32-23(19)21(14-28)31-17/h8-9,11,15,17,19,21,23,28H,2-7,10,12-14H2,1H3,(H,25,29)(H2,26,27,30)/t17-,19+,21-,23-/m0/s1. The minimum Gasteiger partial charge on any atom is -0.487 e. The van der Waals surface area contributed by atoms with E-state index in [2.05, 4.69) is 16.0 Å². The van der Waals surface area contributed by atoms with Crippen molar-refractivity contribution in [3.05, 3.63) is 23.8 Å². The van der Waals surface area contributed by atoms with Crippen molar-refractivity contribution in [2.45, 2.75) is 88.6 Å². The van der Waals surface area contributed by atoms with Crippen molar-refractivity contribution >= 4 is 17.6 Å². The molecule has 3 aliphatic rings. The minimum absolute atomic E-state index is 0.00281. The van der Waals surface area contributed by atoms with Gasteiger partial charge in [-0.15, -0.1) is 0 Å². The summed E-state index contributed by atoms with van der Waals surface area (Å²) in [5.41, 5.74) is 1.71. The van der Waals surface area contributed by atoms with Crippen molar-refractivity contribution in [1.29, 1.82) is 0 Å². The number of benzene rings is 1. The van der Waals surface area contributed by atoms with E-state index in [-0.39, 0.29) is 49.1 Å². The number of fused-ring (bicyclic) bond motifs is 3.